The van der Waals surface area contributed by atoms with Crippen LogP contribution in [0.25, 0.3) is 0 Å². The van der Waals surface area contributed by atoms with Crippen LogP contribution in [0.2, 0.25) is 0 Å². The number of thioether (sulfide) groups is 1. The molecule has 1 aliphatic carbocycles. The van der Waals surface area contributed by atoms with Crippen molar-refractivity contribution in [2.75, 3.05) is 5.75 Å². The minimum Gasteiger partial charge on any atom is -0.325 e. The Morgan fingerprint density at radius 1 is 0.864 bits per heavy atom. The zero-order chi connectivity index (χ0) is 16.1. The summed E-state index contributed by atoms with van der Waals surface area (Å²) in [5.74, 6) is 1.86. The summed E-state index contributed by atoms with van der Waals surface area (Å²) in [6, 6.07) is 0.142. The van der Waals surface area contributed by atoms with Gasteiger partial charge in [-0.05, 0) is 36.3 Å². The van der Waals surface area contributed by atoms with Gasteiger partial charge in [0, 0.05) is 6.04 Å². The lowest BCUT2D eigenvalue weighted by Gasteiger charge is -2.53. The van der Waals surface area contributed by atoms with Crippen LogP contribution in [-0.4, -0.2) is 16.7 Å². The third-order valence-corrected chi connectivity index (χ3v) is 8.35. The van der Waals surface area contributed by atoms with Crippen molar-refractivity contribution in [3.63, 3.8) is 0 Å². The summed E-state index contributed by atoms with van der Waals surface area (Å²) in [5, 5.41) is 0. The van der Waals surface area contributed by atoms with Crippen molar-refractivity contribution in [3.05, 3.63) is 0 Å². The normalized spacial score (nSPS) is 43.1. The van der Waals surface area contributed by atoms with Gasteiger partial charge in [-0.1, -0.05) is 71.6 Å². The maximum absolute atomic E-state index is 7.15. The third-order valence-electron chi connectivity index (χ3n) is 6.61. The van der Waals surface area contributed by atoms with Crippen LogP contribution < -0.4 is 11.5 Å². The summed E-state index contributed by atoms with van der Waals surface area (Å²) in [5.41, 5.74) is 14.0. The molecule has 3 heteroatoms. The van der Waals surface area contributed by atoms with Crippen LogP contribution in [-0.2, 0) is 0 Å². The summed E-state index contributed by atoms with van der Waals surface area (Å²) in [7, 11) is 0. The molecule has 22 heavy (non-hydrogen) atoms. The lowest BCUT2D eigenvalue weighted by Crippen LogP contribution is -2.64. The lowest BCUT2D eigenvalue weighted by molar-refractivity contribution is 0.0904. The lowest BCUT2D eigenvalue weighted by atomic mass is 9.65. The summed E-state index contributed by atoms with van der Waals surface area (Å²) in [6.45, 7) is 4.91. The van der Waals surface area contributed by atoms with E-state index in [1.807, 2.05) is 11.8 Å². The Bertz CT molecular complexity index is 303. The average Bonchev–Trinajstić information content (AvgIpc) is 2.63. The van der Waals surface area contributed by atoms with Crippen LogP contribution in [0.5, 0.6) is 0 Å². The second-order valence-electron chi connectivity index (χ2n) is 8.08. The molecule has 4 unspecified atom stereocenters. The van der Waals surface area contributed by atoms with Gasteiger partial charge >= 0.3 is 0 Å². The highest BCUT2D eigenvalue weighted by Crippen LogP contribution is 2.52. The first-order valence-corrected chi connectivity index (χ1v) is 10.7. The Kier molecular flexibility index (Phi) is 7.10. The van der Waals surface area contributed by atoms with Crippen molar-refractivity contribution in [3.8, 4) is 0 Å². The molecule has 0 aromatic heterocycles. The molecule has 1 saturated heterocycles. The van der Waals surface area contributed by atoms with Gasteiger partial charge in [-0.25, -0.2) is 0 Å². The molecule has 0 aromatic rings. The maximum atomic E-state index is 7.15. The molecule has 1 saturated carbocycles. The summed E-state index contributed by atoms with van der Waals surface area (Å²) in [4.78, 5) is -0.249. The molecule has 2 aliphatic rings. The number of rotatable bonds is 1. The Morgan fingerprint density at radius 3 is 2.23 bits per heavy atom. The van der Waals surface area contributed by atoms with Gasteiger partial charge in [0.2, 0.25) is 0 Å². The Labute approximate surface area is 142 Å². The molecule has 1 heterocycles. The van der Waals surface area contributed by atoms with E-state index in [9.17, 15) is 0 Å². The van der Waals surface area contributed by atoms with Crippen LogP contribution in [0.4, 0.5) is 0 Å². The quantitative estimate of drug-likeness (QED) is 0.708. The molecule has 4 atom stereocenters. The molecule has 0 spiro atoms. The monoisotopic (exact) mass is 326 g/mol. The van der Waals surface area contributed by atoms with E-state index in [2.05, 4.69) is 13.8 Å². The molecular formula is C19H38N2S. The fourth-order valence-corrected chi connectivity index (χ4v) is 6.24. The maximum Gasteiger partial charge on any atom is 0.0829 e. The zero-order valence-corrected chi connectivity index (χ0v) is 15.7. The van der Waals surface area contributed by atoms with Gasteiger partial charge in [0.05, 0.1) is 4.87 Å². The van der Waals surface area contributed by atoms with E-state index in [1.54, 1.807) is 0 Å². The minimum absolute atomic E-state index is 0.142. The fraction of sp³-hybridized carbons (Fsp3) is 1.00. The predicted molar refractivity (Wildman–Crippen MR) is 100 cm³/mol. The van der Waals surface area contributed by atoms with Crippen molar-refractivity contribution in [1.82, 2.24) is 0 Å². The van der Waals surface area contributed by atoms with E-state index in [4.69, 9.17) is 11.5 Å². The largest absolute Gasteiger partial charge is 0.325 e. The third kappa shape index (κ3) is 4.02. The highest BCUT2D eigenvalue weighted by molar-refractivity contribution is 8.00. The highest BCUT2D eigenvalue weighted by atomic mass is 32.2. The van der Waals surface area contributed by atoms with Crippen LogP contribution in [0.3, 0.4) is 0 Å². The molecule has 2 rings (SSSR count). The Hall–Kier alpha value is 0.270. The molecular weight excluding hydrogens is 288 g/mol. The van der Waals surface area contributed by atoms with Gasteiger partial charge in [-0.15, -0.1) is 11.8 Å². The van der Waals surface area contributed by atoms with Crippen molar-refractivity contribution < 1.29 is 0 Å². The van der Waals surface area contributed by atoms with Crippen LogP contribution in [0.15, 0.2) is 0 Å². The van der Waals surface area contributed by atoms with Crippen LogP contribution >= 0.6 is 11.8 Å². The second kappa shape index (κ2) is 8.39. The molecule has 0 aromatic carbocycles. The fourth-order valence-electron chi connectivity index (χ4n) is 4.59. The Balaban J connectivity index is 2.25. The van der Waals surface area contributed by atoms with Gasteiger partial charge in [-0.3, -0.25) is 0 Å². The number of nitrogens with two attached hydrogens (primary N) is 2. The van der Waals surface area contributed by atoms with Gasteiger partial charge in [0.15, 0.2) is 0 Å². The number of hydrogen-bond donors (Lipinski definition) is 2. The highest BCUT2D eigenvalue weighted by Gasteiger charge is 2.51. The van der Waals surface area contributed by atoms with Crippen molar-refractivity contribution in [2.24, 2.45) is 22.8 Å². The molecule has 0 amide bonds. The van der Waals surface area contributed by atoms with Gasteiger partial charge < -0.3 is 11.5 Å². The topological polar surface area (TPSA) is 52.0 Å². The van der Waals surface area contributed by atoms with E-state index < -0.39 is 0 Å². The van der Waals surface area contributed by atoms with Crippen LogP contribution in [0.1, 0.15) is 90.9 Å². The smallest absolute Gasteiger partial charge is 0.0829 e. The predicted octanol–water partition coefficient (Wildman–Crippen LogP) is 5.05. The second-order valence-corrected chi connectivity index (χ2v) is 9.45. The summed E-state index contributed by atoms with van der Waals surface area (Å²) < 4.78 is 0. The summed E-state index contributed by atoms with van der Waals surface area (Å²) >= 11 is 2.01. The molecule has 0 radical (unpaired) electrons. The average molecular weight is 327 g/mol. The first kappa shape index (κ1) is 18.6. The molecule has 0 bridgehead atoms. The van der Waals surface area contributed by atoms with E-state index >= 15 is 0 Å². The number of hydrogen-bond acceptors (Lipinski definition) is 3. The zero-order valence-electron chi connectivity index (χ0n) is 14.9. The van der Waals surface area contributed by atoms with Gasteiger partial charge in [0.1, 0.15) is 0 Å². The van der Waals surface area contributed by atoms with Crippen molar-refractivity contribution in [2.45, 2.75) is 102 Å². The molecule has 2 fully saturated rings. The van der Waals surface area contributed by atoms with E-state index in [0.29, 0.717) is 5.92 Å². The van der Waals surface area contributed by atoms with Gasteiger partial charge in [-0.2, -0.15) is 0 Å². The molecule has 2 nitrogen and oxygen atoms in total. The molecule has 130 valence electrons. The van der Waals surface area contributed by atoms with Crippen molar-refractivity contribution >= 4 is 11.8 Å². The standard InChI is InChI=1S/C19H38N2S/c1-16-12-8-4-3-6-10-14-18(16,2)19(21)17(20)13-9-5-7-11-15-22-19/h16-17H,3-15,20-21H2,1-2H3. The molecule has 1 aliphatic heterocycles. The van der Waals surface area contributed by atoms with Crippen LogP contribution in [0, 0.1) is 11.3 Å². The van der Waals surface area contributed by atoms with E-state index in [1.165, 1.54) is 76.4 Å². The van der Waals surface area contributed by atoms with Crippen molar-refractivity contribution in [1.29, 1.82) is 0 Å². The first-order chi connectivity index (χ1) is 10.5. The Morgan fingerprint density at radius 2 is 1.45 bits per heavy atom. The van der Waals surface area contributed by atoms with Gasteiger partial charge in [0.25, 0.3) is 0 Å². The molecule has 4 N–H and O–H groups in total. The minimum atomic E-state index is -0.249. The van der Waals surface area contributed by atoms with E-state index in [-0.39, 0.29) is 16.3 Å². The SMILES string of the molecule is CC1CCCCCCCC1(C)C1(N)SCCCCCCC1N. The summed E-state index contributed by atoms with van der Waals surface area (Å²) in [6.07, 6.45) is 15.8. The first-order valence-electron chi connectivity index (χ1n) is 9.69. The van der Waals surface area contributed by atoms with E-state index in [0.717, 1.165) is 6.42 Å².